The van der Waals surface area contributed by atoms with Crippen molar-refractivity contribution in [1.82, 2.24) is 4.90 Å². The first kappa shape index (κ1) is 20.2. The predicted molar refractivity (Wildman–Crippen MR) is 119 cm³/mol. The van der Waals surface area contributed by atoms with E-state index in [0.29, 0.717) is 11.3 Å². The number of Topliss-reactive ketones (excluding diaryl/α,β-unsaturated/α-hetero) is 1. The number of rotatable bonds is 5. The molecular weight excluding hydrogens is 402 g/mol. The lowest BCUT2D eigenvalue weighted by Gasteiger charge is -2.30. The molecule has 2 aliphatic rings. The van der Waals surface area contributed by atoms with Crippen molar-refractivity contribution in [2.24, 2.45) is 11.3 Å². The molecular formula is C27H23NO4. The lowest BCUT2D eigenvalue weighted by Crippen LogP contribution is -2.45. The third-order valence-electron chi connectivity index (χ3n) is 7.13. The summed E-state index contributed by atoms with van der Waals surface area (Å²) in [5, 5.41) is 0. The van der Waals surface area contributed by atoms with Gasteiger partial charge >= 0.3 is 0 Å². The smallest absolute Gasteiger partial charge is 0.260 e. The van der Waals surface area contributed by atoms with Crippen molar-refractivity contribution in [3.05, 3.63) is 102 Å². The number of hydrogen-bond acceptors (Lipinski definition) is 4. The molecule has 1 saturated heterocycles. The molecule has 2 unspecified atom stereocenters. The number of ether oxygens (including phenoxy) is 1. The molecule has 2 fully saturated rings. The number of methoxy groups -OCH3 is 1. The number of piperidine rings is 1. The van der Waals surface area contributed by atoms with E-state index < -0.39 is 16.7 Å². The number of carbonyl (C=O) groups is 3. The highest BCUT2D eigenvalue weighted by Gasteiger charge is 2.88. The molecule has 3 aromatic carbocycles. The van der Waals surface area contributed by atoms with E-state index in [9.17, 15) is 14.4 Å². The van der Waals surface area contributed by atoms with E-state index in [2.05, 4.69) is 0 Å². The first-order valence-electron chi connectivity index (χ1n) is 10.6. The third kappa shape index (κ3) is 2.42. The highest BCUT2D eigenvalue weighted by atomic mass is 16.5. The van der Waals surface area contributed by atoms with Gasteiger partial charge in [0.1, 0.15) is 16.9 Å². The van der Waals surface area contributed by atoms with Crippen molar-refractivity contribution in [1.29, 1.82) is 0 Å². The van der Waals surface area contributed by atoms with Gasteiger partial charge in [0.05, 0.1) is 7.11 Å². The normalized spacial score (nSPS) is 22.9. The summed E-state index contributed by atoms with van der Waals surface area (Å²) in [4.78, 5) is 41.5. The summed E-state index contributed by atoms with van der Waals surface area (Å²) < 4.78 is 5.16. The van der Waals surface area contributed by atoms with Gasteiger partial charge in [-0.3, -0.25) is 19.3 Å². The number of imide groups is 1. The third-order valence-corrected chi connectivity index (χ3v) is 7.13. The van der Waals surface area contributed by atoms with Crippen LogP contribution in [0.15, 0.2) is 84.9 Å². The standard InChI is InChI=1S/C27H23NO4/c1-18(29)26-23(17-28(25(26)31)24(30)19-13-15-22(32-2)16-14-19)27(26,20-9-5-3-6-10-20)21-11-7-4-8-12-21/h3-16,23H,17H2,1-2H3. The summed E-state index contributed by atoms with van der Waals surface area (Å²) in [6, 6.07) is 26.1. The van der Waals surface area contributed by atoms with Gasteiger partial charge in [0, 0.05) is 23.4 Å². The molecule has 3 aromatic rings. The molecule has 0 radical (unpaired) electrons. The maximum atomic E-state index is 13.9. The summed E-state index contributed by atoms with van der Waals surface area (Å²) in [5.41, 5.74) is 0.198. The number of likely N-dealkylation sites (tertiary alicyclic amines) is 1. The topological polar surface area (TPSA) is 63.7 Å². The number of hydrogen-bond donors (Lipinski definition) is 0. The Kier molecular flexibility index (Phi) is 4.52. The molecule has 1 heterocycles. The van der Waals surface area contributed by atoms with Crippen LogP contribution in [0.2, 0.25) is 0 Å². The summed E-state index contributed by atoms with van der Waals surface area (Å²) in [7, 11) is 1.55. The number of nitrogens with zero attached hydrogens (tertiary/aromatic N) is 1. The minimum Gasteiger partial charge on any atom is -0.497 e. The van der Waals surface area contributed by atoms with E-state index in [-0.39, 0.29) is 24.2 Å². The van der Waals surface area contributed by atoms with Gasteiger partial charge in [0.2, 0.25) is 5.91 Å². The van der Waals surface area contributed by atoms with E-state index in [1.165, 1.54) is 11.8 Å². The molecule has 5 nitrogen and oxygen atoms in total. The average molecular weight is 425 g/mol. The monoisotopic (exact) mass is 425 g/mol. The second-order valence-corrected chi connectivity index (χ2v) is 8.41. The fourth-order valence-electron chi connectivity index (χ4n) is 5.79. The lowest BCUT2D eigenvalue weighted by atomic mass is 9.77. The number of ketones is 1. The molecule has 2 amide bonds. The van der Waals surface area contributed by atoms with Gasteiger partial charge in [-0.2, -0.15) is 0 Å². The predicted octanol–water partition coefficient (Wildman–Crippen LogP) is 3.87. The van der Waals surface area contributed by atoms with Gasteiger partial charge < -0.3 is 4.74 Å². The molecule has 0 spiro atoms. The summed E-state index contributed by atoms with van der Waals surface area (Å²) in [6.45, 7) is 1.67. The molecule has 5 rings (SSSR count). The Balaban J connectivity index is 1.60. The van der Waals surface area contributed by atoms with Crippen molar-refractivity contribution in [2.45, 2.75) is 12.3 Å². The van der Waals surface area contributed by atoms with E-state index in [1.54, 1.807) is 31.4 Å². The Morgan fingerprint density at radius 1 is 0.875 bits per heavy atom. The van der Waals surface area contributed by atoms with E-state index in [4.69, 9.17) is 4.74 Å². The zero-order valence-corrected chi connectivity index (χ0v) is 17.9. The second kappa shape index (κ2) is 7.16. The largest absolute Gasteiger partial charge is 0.497 e. The lowest BCUT2D eigenvalue weighted by molar-refractivity contribution is -0.138. The quantitative estimate of drug-likeness (QED) is 0.460. The van der Waals surface area contributed by atoms with Crippen molar-refractivity contribution in [3.63, 3.8) is 0 Å². The maximum absolute atomic E-state index is 13.9. The van der Waals surface area contributed by atoms with Crippen LogP contribution in [0.4, 0.5) is 0 Å². The maximum Gasteiger partial charge on any atom is 0.260 e. The molecule has 1 saturated carbocycles. The molecule has 0 N–H and O–H groups in total. The SMILES string of the molecule is COc1ccc(C(=O)N2CC3C(C(C)=O)(C2=O)C3(c2ccccc2)c2ccccc2)cc1. The van der Waals surface area contributed by atoms with Gasteiger partial charge in [0.15, 0.2) is 0 Å². The minimum absolute atomic E-state index is 0.201. The molecule has 0 aromatic heterocycles. The van der Waals surface area contributed by atoms with Crippen LogP contribution >= 0.6 is 0 Å². The highest BCUT2D eigenvalue weighted by molar-refractivity contribution is 6.20. The van der Waals surface area contributed by atoms with E-state index in [0.717, 1.165) is 11.1 Å². The van der Waals surface area contributed by atoms with Gasteiger partial charge in [0.25, 0.3) is 5.91 Å². The van der Waals surface area contributed by atoms with Gasteiger partial charge in [-0.1, -0.05) is 60.7 Å². The van der Waals surface area contributed by atoms with Gasteiger partial charge in [-0.05, 0) is 42.3 Å². The van der Waals surface area contributed by atoms with Crippen LogP contribution in [-0.4, -0.2) is 36.2 Å². The van der Waals surface area contributed by atoms with Gasteiger partial charge in [-0.15, -0.1) is 0 Å². The second-order valence-electron chi connectivity index (χ2n) is 8.41. The van der Waals surface area contributed by atoms with Crippen molar-refractivity contribution >= 4 is 17.6 Å². The number of benzene rings is 3. The van der Waals surface area contributed by atoms with E-state index in [1.807, 2.05) is 60.7 Å². The summed E-state index contributed by atoms with van der Waals surface area (Å²) >= 11 is 0. The van der Waals surface area contributed by atoms with Crippen LogP contribution in [0.5, 0.6) is 5.75 Å². The molecule has 2 atom stereocenters. The molecule has 160 valence electrons. The average Bonchev–Trinajstić information content (AvgIpc) is 3.35. The molecule has 32 heavy (non-hydrogen) atoms. The molecule has 1 aliphatic carbocycles. The molecule has 1 aliphatic heterocycles. The Hall–Kier alpha value is -3.73. The Morgan fingerprint density at radius 3 is 1.84 bits per heavy atom. The van der Waals surface area contributed by atoms with Crippen LogP contribution in [0.3, 0.4) is 0 Å². The first-order chi connectivity index (χ1) is 15.5. The minimum atomic E-state index is -1.28. The first-order valence-corrected chi connectivity index (χ1v) is 10.6. The van der Waals surface area contributed by atoms with E-state index >= 15 is 0 Å². The fraction of sp³-hybridized carbons (Fsp3) is 0.222. The highest BCUT2D eigenvalue weighted by Crippen LogP contribution is 2.76. The van der Waals surface area contributed by atoms with Crippen LogP contribution in [-0.2, 0) is 15.0 Å². The number of fused-ring (bicyclic) bond motifs is 1. The van der Waals surface area contributed by atoms with Crippen LogP contribution in [0, 0.1) is 11.3 Å². The van der Waals surface area contributed by atoms with Crippen molar-refractivity contribution in [2.75, 3.05) is 13.7 Å². The number of amides is 2. The van der Waals surface area contributed by atoms with Crippen molar-refractivity contribution in [3.8, 4) is 5.75 Å². The number of carbonyl (C=O) groups excluding carboxylic acids is 3. The molecule has 0 bridgehead atoms. The van der Waals surface area contributed by atoms with Crippen molar-refractivity contribution < 1.29 is 19.1 Å². The fourth-order valence-corrected chi connectivity index (χ4v) is 5.79. The summed E-state index contributed by atoms with van der Waals surface area (Å²) in [5.74, 6) is -0.689. The van der Waals surface area contributed by atoms with Crippen LogP contribution in [0.1, 0.15) is 28.4 Å². The zero-order valence-electron chi connectivity index (χ0n) is 17.9. The summed E-state index contributed by atoms with van der Waals surface area (Å²) in [6.07, 6.45) is 0. The Bertz CT molecular complexity index is 1160. The van der Waals surface area contributed by atoms with Gasteiger partial charge in [-0.25, -0.2) is 0 Å². The van der Waals surface area contributed by atoms with Crippen LogP contribution in [0.25, 0.3) is 0 Å². The Labute approximate surface area is 186 Å². The Morgan fingerprint density at radius 2 is 1.41 bits per heavy atom. The van der Waals surface area contributed by atoms with Crippen LogP contribution < -0.4 is 4.74 Å². The molecule has 5 heteroatoms. The zero-order chi connectivity index (χ0) is 22.5.